The predicted molar refractivity (Wildman–Crippen MR) is 63.1 cm³/mol. The van der Waals surface area contributed by atoms with Crippen molar-refractivity contribution in [3.05, 3.63) is 16.8 Å². The van der Waals surface area contributed by atoms with Gasteiger partial charge in [-0.3, -0.25) is 0 Å². The fourth-order valence-electron chi connectivity index (χ4n) is 1.14. The number of aromatic nitrogens is 2. The van der Waals surface area contributed by atoms with Gasteiger partial charge in [0.1, 0.15) is 11.6 Å². The number of thioether (sulfide) groups is 1. The molecule has 0 unspecified atom stereocenters. The second-order valence-electron chi connectivity index (χ2n) is 3.17. The van der Waals surface area contributed by atoms with Gasteiger partial charge in [0.05, 0.1) is 5.69 Å². The van der Waals surface area contributed by atoms with Gasteiger partial charge in [-0.1, -0.05) is 0 Å². The van der Waals surface area contributed by atoms with Crippen molar-refractivity contribution in [2.24, 2.45) is 0 Å². The first kappa shape index (κ1) is 11.8. The van der Waals surface area contributed by atoms with Crippen LogP contribution >= 0.6 is 11.8 Å². The molecule has 0 aliphatic carbocycles. The minimum Gasteiger partial charge on any atom is -0.367 e. The molecule has 0 amide bonds. The summed E-state index contributed by atoms with van der Waals surface area (Å²) in [6, 6.07) is 2.16. The number of hydrogen-bond donors (Lipinski definition) is 1. The summed E-state index contributed by atoms with van der Waals surface area (Å²) >= 11 is 1.75. The fraction of sp³-hybridized carbons (Fsp3) is 0.500. The Labute approximate surface area is 94.1 Å². The van der Waals surface area contributed by atoms with Gasteiger partial charge in [0.2, 0.25) is 0 Å². The number of anilines is 1. The highest BCUT2D eigenvalue weighted by molar-refractivity contribution is 7.98. The average Bonchev–Trinajstić information content (AvgIpc) is 2.24. The van der Waals surface area contributed by atoms with Gasteiger partial charge in [-0.05, 0) is 25.7 Å². The molecule has 0 spiro atoms. The number of hydrogen-bond acceptors (Lipinski definition) is 5. The first-order chi connectivity index (χ1) is 7.20. The zero-order chi connectivity index (χ0) is 11.3. The van der Waals surface area contributed by atoms with Crippen molar-refractivity contribution in [2.45, 2.75) is 13.8 Å². The standard InChI is InChI=1S/C10H14N4S/c1-7-8(2)13-14-10(9(7)6-11)12-4-5-15-3/h4-5H2,1-3H3,(H,12,14). The number of nitriles is 1. The van der Waals surface area contributed by atoms with E-state index in [0.717, 1.165) is 23.6 Å². The van der Waals surface area contributed by atoms with Gasteiger partial charge in [-0.2, -0.15) is 22.1 Å². The SMILES string of the molecule is CSCCNc1nnc(C)c(C)c1C#N. The Morgan fingerprint density at radius 1 is 1.40 bits per heavy atom. The largest absolute Gasteiger partial charge is 0.367 e. The second kappa shape index (κ2) is 5.56. The van der Waals surface area contributed by atoms with Gasteiger partial charge in [0.15, 0.2) is 5.82 Å². The van der Waals surface area contributed by atoms with Crippen LogP contribution in [0.25, 0.3) is 0 Å². The Morgan fingerprint density at radius 2 is 2.13 bits per heavy atom. The van der Waals surface area contributed by atoms with Gasteiger partial charge >= 0.3 is 0 Å². The summed E-state index contributed by atoms with van der Waals surface area (Å²) in [6.07, 6.45) is 2.04. The lowest BCUT2D eigenvalue weighted by molar-refractivity contribution is 0.948. The Balaban J connectivity index is 2.89. The molecule has 15 heavy (non-hydrogen) atoms. The molecule has 0 saturated heterocycles. The number of rotatable bonds is 4. The Kier molecular flexibility index (Phi) is 4.37. The molecule has 1 aromatic heterocycles. The van der Waals surface area contributed by atoms with Crippen molar-refractivity contribution in [3.63, 3.8) is 0 Å². The molecule has 4 nitrogen and oxygen atoms in total. The van der Waals surface area contributed by atoms with E-state index in [4.69, 9.17) is 5.26 Å². The third kappa shape index (κ3) is 2.83. The second-order valence-corrected chi connectivity index (χ2v) is 4.15. The van der Waals surface area contributed by atoms with E-state index in [1.165, 1.54) is 0 Å². The van der Waals surface area contributed by atoms with E-state index < -0.39 is 0 Å². The van der Waals surface area contributed by atoms with E-state index in [-0.39, 0.29) is 0 Å². The van der Waals surface area contributed by atoms with Crippen LogP contribution in [0.5, 0.6) is 0 Å². The lowest BCUT2D eigenvalue weighted by Crippen LogP contribution is -2.10. The van der Waals surface area contributed by atoms with E-state index in [2.05, 4.69) is 21.6 Å². The first-order valence-corrected chi connectivity index (χ1v) is 6.07. The first-order valence-electron chi connectivity index (χ1n) is 4.67. The molecule has 0 aliphatic rings. The monoisotopic (exact) mass is 222 g/mol. The van der Waals surface area contributed by atoms with Crippen molar-refractivity contribution < 1.29 is 0 Å². The molecule has 1 aromatic rings. The zero-order valence-electron chi connectivity index (χ0n) is 9.16. The Hall–Kier alpha value is -1.28. The van der Waals surface area contributed by atoms with E-state index in [1.54, 1.807) is 11.8 Å². The molecule has 5 heteroatoms. The molecule has 1 N–H and O–H groups in total. The minimum absolute atomic E-state index is 0.592. The van der Waals surface area contributed by atoms with E-state index in [1.807, 2.05) is 20.1 Å². The molecule has 0 saturated carbocycles. The Morgan fingerprint density at radius 3 is 2.73 bits per heavy atom. The fourth-order valence-corrected chi connectivity index (χ4v) is 1.45. The number of nitrogens with zero attached hydrogens (tertiary/aromatic N) is 3. The molecular formula is C10H14N4S. The normalized spacial score (nSPS) is 9.73. The van der Waals surface area contributed by atoms with Gasteiger partial charge in [-0.15, -0.1) is 5.10 Å². The highest BCUT2D eigenvalue weighted by atomic mass is 32.2. The van der Waals surface area contributed by atoms with Crippen LogP contribution in [0.4, 0.5) is 5.82 Å². The lowest BCUT2D eigenvalue weighted by Gasteiger charge is -2.08. The molecule has 0 bridgehead atoms. The maximum Gasteiger partial charge on any atom is 0.166 e. The zero-order valence-corrected chi connectivity index (χ0v) is 9.98. The number of aryl methyl sites for hydroxylation is 1. The minimum atomic E-state index is 0.592. The van der Waals surface area contributed by atoms with Gasteiger partial charge < -0.3 is 5.32 Å². The highest BCUT2D eigenvalue weighted by Crippen LogP contribution is 2.16. The maximum atomic E-state index is 9.02. The molecular weight excluding hydrogens is 208 g/mol. The summed E-state index contributed by atoms with van der Waals surface area (Å²) in [5, 5.41) is 20.1. The summed E-state index contributed by atoms with van der Waals surface area (Å²) in [4.78, 5) is 0. The van der Waals surface area contributed by atoms with Crippen molar-refractivity contribution in [2.75, 3.05) is 23.9 Å². The lowest BCUT2D eigenvalue weighted by atomic mass is 10.1. The van der Waals surface area contributed by atoms with Crippen LogP contribution in [0.2, 0.25) is 0 Å². The van der Waals surface area contributed by atoms with E-state index in [9.17, 15) is 0 Å². The van der Waals surface area contributed by atoms with E-state index in [0.29, 0.717) is 11.4 Å². The highest BCUT2D eigenvalue weighted by Gasteiger charge is 2.09. The van der Waals surface area contributed by atoms with Crippen molar-refractivity contribution in [3.8, 4) is 6.07 Å². The molecule has 0 radical (unpaired) electrons. The third-order valence-electron chi connectivity index (χ3n) is 2.16. The maximum absolute atomic E-state index is 9.02. The molecule has 1 heterocycles. The molecule has 0 aliphatic heterocycles. The quantitative estimate of drug-likeness (QED) is 0.786. The average molecular weight is 222 g/mol. The molecule has 0 fully saturated rings. The van der Waals surface area contributed by atoms with Crippen molar-refractivity contribution in [1.29, 1.82) is 5.26 Å². The Bertz CT molecular complexity index is 384. The molecule has 0 aromatic carbocycles. The summed E-state index contributed by atoms with van der Waals surface area (Å²) in [7, 11) is 0. The summed E-state index contributed by atoms with van der Waals surface area (Å²) in [5.41, 5.74) is 2.31. The van der Waals surface area contributed by atoms with Crippen molar-refractivity contribution in [1.82, 2.24) is 10.2 Å². The smallest absolute Gasteiger partial charge is 0.166 e. The van der Waals surface area contributed by atoms with Crippen LogP contribution in [0.15, 0.2) is 0 Å². The number of nitrogens with one attached hydrogen (secondary N) is 1. The van der Waals surface area contributed by atoms with Gasteiger partial charge in [0, 0.05) is 12.3 Å². The summed E-state index contributed by atoms with van der Waals surface area (Å²) < 4.78 is 0. The van der Waals surface area contributed by atoms with Crippen LogP contribution in [0.1, 0.15) is 16.8 Å². The van der Waals surface area contributed by atoms with Crippen LogP contribution in [-0.4, -0.2) is 28.8 Å². The molecule has 1 rings (SSSR count). The van der Waals surface area contributed by atoms with Crippen LogP contribution in [0, 0.1) is 25.2 Å². The summed E-state index contributed by atoms with van der Waals surface area (Å²) in [6.45, 7) is 4.55. The molecule has 80 valence electrons. The van der Waals surface area contributed by atoms with Gasteiger partial charge in [0.25, 0.3) is 0 Å². The van der Waals surface area contributed by atoms with Crippen LogP contribution in [-0.2, 0) is 0 Å². The van der Waals surface area contributed by atoms with Crippen molar-refractivity contribution >= 4 is 17.6 Å². The summed E-state index contributed by atoms with van der Waals surface area (Å²) in [5.74, 6) is 1.58. The van der Waals surface area contributed by atoms with Crippen LogP contribution in [0.3, 0.4) is 0 Å². The topological polar surface area (TPSA) is 61.6 Å². The van der Waals surface area contributed by atoms with E-state index >= 15 is 0 Å². The molecule has 0 atom stereocenters. The van der Waals surface area contributed by atoms with Gasteiger partial charge in [-0.25, -0.2) is 0 Å². The third-order valence-corrected chi connectivity index (χ3v) is 2.78. The van der Waals surface area contributed by atoms with Crippen LogP contribution < -0.4 is 5.32 Å². The predicted octanol–water partition coefficient (Wildman–Crippen LogP) is 1.74.